The van der Waals surface area contributed by atoms with Gasteiger partial charge in [0.05, 0.1) is 0 Å². The third-order valence-corrected chi connectivity index (χ3v) is 1.45. The molecule has 0 saturated heterocycles. The van der Waals surface area contributed by atoms with Crippen LogP contribution in [0.2, 0.25) is 0 Å². The van der Waals surface area contributed by atoms with Crippen LogP contribution in [0, 0.1) is 10.8 Å². The van der Waals surface area contributed by atoms with Crippen molar-refractivity contribution in [3.05, 3.63) is 10.6 Å². The zero-order chi connectivity index (χ0) is 6.85. The molecule has 0 amide bonds. The summed E-state index contributed by atoms with van der Waals surface area (Å²) in [6.45, 7) is 0. The van der Waals surface area contributed by atoms with E-state index in [-0.39, 0.29) is 5.84 Å². The van der Waals surface area contributed by atoms with Gasteiger partial charge in [-0.25, -0.2) is 0 Å². The topological polar surface area (TPSA) is 59.7 Å². The minimum atomic E-state index is 0.214. The average molecular weight is 167 g/mol. The summed E-state index contributed by atoms with van der Waals surface area (Å²) < 4.78 is 0.610. The molecule has 1 heterocycles. The summed E-state index contributed by atoms with van der Waals surface area (Å²) in [4.78, 5) is 0. The van der Waals surface area contributed by atoms with Crippen molar-refractivity contribution < 1.29 is 15.7 Å². The third kappa shape index (κ3) is 1.40. The van der Waals surface area contributed by atoms with Crippen LogP contribution in [0.5, 0.6) is 0 Å². The molecule has 1 aliphatic heterocycles. The summed E-state index contributed by atoms with van der Waals surface area (Å²) in [5.41, 5.74) is 0. The Morgan fingerprint density at radius 1 is 1.56 bits per heavy atom. The van der Waals surface area contributed by atoms with Crippen molar-refractivity contribution in [2.24, 2.45) is 0 Å². The van der Waals surface area contributed by atoms with E-state index in [9.17, 15) is 0 Å². The van der Waals surface area contributed by atoms with Crippen molar-refractivity contribution >= 4 is 11.7 Å². The van der Waals surface area contributed by atoms with E-state index in [1.807, 2.05) is 0 Å². The molecule has 1 aliphatic rings. The molecule has 0 saturated carbocycles. The van der Waals surface area contributed by atoms with Crippen molar-refractivity contribution in [1.29, 1.82) is 10.8 Å². The first kappa shape index (κ1) is 6.51. The van der Waals surface area contributed by atoms with Crippen LogP contribution in [-0.4, -0.2) is 11.7 Å². The molecule has 4 heteroatoms. The standard InChI is InChI=1S/C5H6N3.Co/c6-4-2-1-3-5(7)8-4;/h1H,2H2,(H3,6,7,8);. The fourth-order valence-corrected chi connectivity index (χ4v) is 0.719. The van der Waals surface area contributed by atoms with E-state index in [0.717, 1.165) is 0 Å². The predicted molar refractivity (Wildman–Crippen MR) is 31.3 cm³/mol. The Hall–Kier alpha value is -0.614. The van der Waals surface area contributed by atoms with Crippen LogP contribution in [0.4, 0.5) is 0 Å². The van der Waals surface area contributed by atoms with E-state index in [0.29, 0.717) is 16.8 Å². The Morgan fingerprint density at radius 2 is 2.22 bits per heavy atom. The summed E-state index contributed by atoms with van der Waals surface area (Å²) in [5.74, 6) is 0.572. The monoisotopic (exact) mass is 167 g/mol. The van der Waals surface area contributed by atoms with E-state index in [1.165, 1.54) is 0 Å². The molecule has 0 aliphatic carbocycles. The third-order valence-electron chi connectivity index (χ3n) is 0.980. The van der Waals surface area contributed by atoms with E-state index in [4.69, 9.17) is 10.8 Å². The molecule has 3 N–H and O–H groups in total. The maximum atomic E-state index is 7.13. The average Bonchev–Trinajstić information content (AvgIpc) is 1.80. The van der Waals surface area contributed by atoms with Gasteiger partial charge < -0.3 is 0 Å². The minimum absolute atomic E-state index is 0.214. The molecule has 3 nitrogen and oxygen atoms in total. The van der Waals surface area contributed by atoms with Gasteiger partial charge in [-0.1, -0.05) is 0 Å². The summed E-state index contributed by atoms with van der Waals surface area (Å²) >= 11 is 4.02. The van der Waals surface area contributed by atoms with Gasteiger partial charge in [0.25, 0.3) is 0 Å². The summed E-state index contributed by atoms with van der Waals surface area (Å²) in [6, 6.07) is 0. The van der Waals surface area contributed by atoms with Crippen LogP contribution in [0.25, 0.3) is 0 Å². The first-order valence-electron chi connectivity index (χ1n) is 2.47. The van der Waals surface area contributed by atoms with Gasteiger partial charge in [-0.2, -0.15) is 0 Å². The number of rotatable bonds is 0. The number of amidine groups is 2. The van der Waals surface area contributed by atoms with E-state index in [1.54, 1.807) is 6.08 Å². The van der Waals surface area contributed by atoms with Gasteiger partial charge in [0.2, 0.25) is 0 Å². The molecular formula is C5H6CoN3. The van der Waals surface area contributed by atoms with Gasteiger partial charge in [0.15, 0.2) is 0 Å². The normalized spacial score (nSPS) is 19.1. The fraction of sp³-hybridized carbons (Fsp3) is 0.200. The Bertz CT molecular complexity index is 194. The maximum absolute atomic E-state index is 7.13. The van der Waals surface area contributed by atoms with Crippen molar-refractivity contribution in [2.45, 2.75) is 6.42 Å². The van der Waals surface area contributed by atoms with E-state index in [2.05, 4.69) is 21.1 Å². The van der Waals surface area contributed by atoms with Gasteiger partial charge >= 0.3 is 60.5 Å². The van der Waals surface area contributed by atoms with Gasteiger partial charge in [-0.3, -0.25) is 0 Å². The molecule has 0 aromatic carbocycles. The number of hydrogen-bond acceptors (Lipinski definition) is 2. The predicted octanol–water partition coefficient (Wildman–Crippen LogP) is 0.365. The summed E-state index contributed by atoms with van der Waals surface area (Å²) in [5, 5.41) is 16.8. The van der Waals surface area contributed by atoms with E-state index >= 15 is 0 Å². The molecule has 50 valence electrons. The molecular weight excluding hydrogens is 161 g/mol. The van der Waals surface area contributed by atoms with Crippen molar-refractivity contribution in [2.75, 3.05) is 0 Å². The van der Waals surface area contributed by atoms with Gasteiger partial charge in [-0.05, 0) is 0 Å². The quantitative estimate of drug-likeness (QED) is 0.479. The van der Waals surface area contributed by atoms with Crippen LogP contribution in [0.15, 0.2) is 10.6 Å². The molecule has 0 atom stereocenters. The van der Waals surface area contributed by atoms with Crippen molar-refractivity contribution in [3.63, 3.8) is 0 Å². The first-order chi connectivity index (χ1) is 4.20. The molecule has 0 unspecified atom stereocenters. The second kappa shape index (κ2) is 2.32. The molecule has 0 radical (unpaired) electrons. The Balaban J connectivity index is 2.79. The Kier molecular flexibility index (Phi) is 1.68. The zero-order valence-corrected chi connectivity index (χ0v) is 5.66. The second-order valence-corrected chi connectivity index (χ2v) is 2.27. The van der Waals surface area contributed by atoms with E-state index < -0.39 is 0 Å². The summed E-state index contributed by atoms with van der Waals surface area (Å²) in [7, 11) is 0. The van der Waals surface area contributed by atoms with Gasteiger partial charge in [-0.15, -0.1) is 0 Å². The molecule has 0 fully saturated rings. The van der Waals surface area contributed by atoms with Crippen LogP contribution in [-0.2, 0) is 15.7 Å². The SMILES string of the molecule is N=C1CC=[C]([Co])C(=N)N1. The van der Waals surface area contributed by atoms with Crippen LogP contribution < -0.4 is 5.32 Å². The van der Waals surface area contributed by atoms with Crippen LogP contribution in [0.3, 0.4) is 0 Å². The molecule has 0 aromatic rings. The Morgan fingerprint density at radius 3 is 2.67 bits per heavy atom. The molecule has 1 rings (SSSR count). The molecule has 0 spiro atoms. The van der Waals surface area contributed by atoms with Crippen LogP contribution >= 0.6 is 0 Å². The van der Waals surface area contributed by atoms with Gasteiger partial charge in [0, 0.05) is 0 Å². The molecule has 9 heavy (non-hydrogen) atoms. The number of nitrogens with one attached hydrogen (secondary N) is 3. The first-order valence-corrected chi connectivity index (χ1v) is 2.99. The summed E-state index contributed by atoms with van der Waals surface area (Å²) in [6.07, 6.45) is 2.29. The fourth-order valence-electron chi connectivity index (χ4n) is 0.548. The van der Waals surface area contributed by atoms with Gasteiger partial charge in [0.1, 0.15) is 0 Å². The second-order valence-electron chi connectivity index (χ2n) is 1.71. The number of hydrogen-bond donors (Lipinski definition) is 3. The van der Waals surface area contributed by atoms with Crippen molar-refractivity contribution in [3.8, 4) is 0 Å². The van der Waals surface area contributed by atoms with Crippen molar-refractivity contribution in [1.82, 2.24) is 5.32 Å². The molecule has 0 aromatic heterocycles. The zero-order valence-electron chi connectivity index (χ0n) is 4.62. The van der Waals surface area contributed by atoms with Crippen LogP contribution in [0.1, 0.15) is 6.42 Å². The Labute approximate surface area is 61.1 Å². The molecule has 0 bridgehead atoms.